The van der Waals surface area contributed by atoms with Crippen molar-refractivity contribution >= 4 is 11.4 Å². The fourth-order valence-corrected chi connectivity index (χ4v) is 3.84. The van der Waals surface area contributed by atoms with Crippen molar-refractivity contribution in [3.63, 3.8) is 0 Å². The Balaban J connectivity index is 1.25. The average Bonchev–Trinajstić information content (AvgIpc) is 2.88. The van der Waals surface area contributed by atoms with Crippen molar-refractivity contribution in [1.29, 1.82) is 0 Å². The van der Waals surface area contributed by atoms with Crippen LogP contribution in [0.4, 0.5) is 11.4 Å². The van der Waals surface area contributed by atoms with E-state index in [0.717, 1.165) is 48.6 Å². The molecule has 3 nitrogen and oxygen atoms in total. The van der Waals surface area contributed by atoms with Gasteiger partial charge in [-0.1, -0.05) is 48.5 Å². The van der Waals surface area contributed by atoms with Gasteiger partial charge in [-0.25, -0.2) is 0 Å². The molecule has 0 amide bonds. The van der Waals surface area contributed by atoms with E-state index < -0.39 is 0 Å². The Bertz CT molecular complexity index is 1020. The fourth-order valence-electron chi connectivity index (χ4n) is 3.84. The smallest absolute Gasteiger partial charge is 0.118 e. The Hall–Kier alpha value is -3.72. The molecule has 4 rings (SSSR count). The van der Waals surface area contributed by atoms with Gasteiger partial charge in [0, 0.05) is 11.4 Å². The number of hydrogen-bond donors (Lipinski definition) is 1. The number of aryl methyl sites for hydroxylation is 4. The van der Waals surface area contributed by atoms with Crippen LogP contribution in [-0.2, 0) is 25.7 Å². The van der Waals surface area contributed by atoms with E-state index in [1.807, 2.05) is 24.3 Å². The number of nitrogens with one attached hydrogen (secondary N) is 1. The van der Waals surface area contributed by atoms with Crippen LogP contribution in [0.2, 0.25) is 0 Å². The zero-order valence-corrected chi connectivity index (χ0v) is 19.4. The van der Waals surface area contributed by atoms with Gasteiger partial charge < -0.3 is 14.8 Å². The lowest BCUT2D eigenvalue weighted by atomic mass is 10.0. The molecule has 0 aliphatic heterocycles. The number of hydrogen-bond acceptors (Lipinski definition) is 3. The first kappa shape index (κ1) is 22.5. The summed E-state index contributed by atoms with van der Waals surface area (Å²) in [5, 5.41) is 3.50. The number of benzene rings is 4. The van der Waals surface area contributed by atoms with Crippen molar-refractivity contribution in [2.24, 2.45) is 0 Å². The highest BCUT2D eigenvalue weighted by atomic mass is 16.5. The second-order valence-electron chi connectivity index (χ2n) is 8.21. The maximum absolute atomic E-state index is 5.23. The van der Waals surface area contributed by atoms with E-state index >= 15 is 0 Å². The minimum absolute atomic E-state index is 0.902. The average molecular weight is 438 g/mol. The molecule has 4 aromatic carbocycles. The van der Waals surface area contributed by atoms with E-state index in [2.05, 4.69) is 78.1 Å². The molecule has 0 saturated carbocycles. The summed E-state index contributed by atoms with van der Waals surface area (Å²) in [6, 6.07) is 34.0. The molecule has 0 aromatic heterocycles. The second-order valence-corrected chi connectivity index (χ2v) is 8.21. The van der Waals surface area contributed by atoms with Crippen molar-refractivity contribution in [3.8, 4) is 11.5 Å². The summed E-state index contributed by atoms with van der Waals surface area (Å²) in [6.45, 7) is 0. The number of methoxy groups -OCH3 is 2. The molecule has 0 atom stereocenters. The molecule has 0 radical (unpaired) electrons. The van der Waals surface area contributed by atoms with Crippen LogP contribution in [-0.4, -0.2) is 14.2 Å². The summed E-state index contributed by atoms with van der Waals surface area (Å²) < 4.78 is 10.5. The monoisotopic (exact) mass is 437 g/mol. The number of anilines is 2. The van der Waals surface area contributed by atoms with E-state index in [1.165, 1.54) is 22.3 Å². The highest BCUT2D eigenvalue weighted by Gasteiger charge is 2.01. The molecule has 1 N–H and O–H groups in total. The van der Waals surface area contributed by atoms with E-state index in [-0.39, 0.29) is 0 Å². The Morgan fingerprint density at radius 1 is 0.424 bits per heavy atom. The molecule has 0 saturated heterocycles. The van der Waals surface area contributed by atoms with E-state index in [0.29, 0.717) is 0 Å². The summed E-state index contributed by atoms with van der Waals surface area (Å²) in [7, 11) is 3.39. The lowest BCUT2D eigenvalue weighted by Crippen LogP contribution is -1.95. The molecule has 3 heteroatoms. The summed E-state index contributed by atoms with van der Waals surface area (Å²) >= 11 is 0. The van der Waals surface area contributed by atoms with Gasteiger partial charge in [-0.3, -0.25) is 0 Å². The van der Waals surface area contributed by atoms with Gasteiger partial charge in [-0.05, 0) is 96.5 Å². The molecule has 168 valence electrons. The third kappa shape index (κ3) is 6.63. The molecule has 0 spiro atoms. The third-order valence-corrected chi connectivity index (χ3v) is 5.92. The molecular formula is C30H31NO2. The lowest BCUT2D eigenvalue weighted by molar-refractivity contribution is 0.414. The van der Waals surface area contributed by atoms with Crippen LogP contribution in [0, 0.1) is 0 Å². The zero-order valence-electron chi connectivity index (χ0n) is 19.4. The van der Waals surface area contributed by atoms with Crippen molar-refractivity contribution in [3.05, 3.63) is 119 Å². The Morgan fingerprint density at radius 2 is 0.697 bits per heavy atom. The Kier molecular flexibility index (Phi) is 7.65. The molecular weight excluding hydrogens is 406 g/mol. The predicted molar refractivity (Wildman–Crippen MR) is 137 cm³/mol. The summed E-state index contributed by atoms with van der Waals surface area (Å²) in [5.41, 5.74) is 7.54. The SMILES string of the molecule is COc1ccc(CCc2ccc(Nc3ccc(CCc4ccc(OC)cc4)cc3)cc2)cc1. The van der Waals surface area contributed by atoms with E-state index in [9.17, 15) is 0 Å². The van der Waals surface area contributed by atoms with Crippen LogP contribution in [0.1, 0.15) is 22.3 Å². The summed E-state index contributed by atoms with van der Waals surface area (Å²) in [6.07, 6.45) is 4.09. The quantitative estimate of drug-likeness (QED) is 0.289. The van der Waals surface area contributed by atoms with Gasteiger partial charge in [0.05, 0.1) is 14.2 Å². The van der Waals surface area contributed by atoms with Crippen LogP contribution in [0.5, 0.6) is 11.5 Å². The molecule has 0 unspecified atom stereocenters. The van der Waals surface area contributed by atoms with Crippen LogP contribution < -0.4 is 14.8 Å². The molecule has 0 fully saturated rings. The highest BCUT2D eigenvalue weighted by molar-refractivity contribution is 5.60. The Morgan fingerprint density at radius 3 is 0.970 bits per heavy atom. The maximum Gasteiger partial charge on any atom is 0.118 e. The zero-order chi connectivity index (χ0) is 22.9. The fraction of sp³-hybridized carbons (Fsp3) is 0.200. The van der Waals surface area contributed by atoms with Crippen LogP contribution in [0.3, 0.4) is 0 Å². The molecule has 0 bridgehead atoms. The van der Waals surface area contributed by atoms with Crippen molar-refractivity contribution < 1.29 is 9.47 Å². The van der Waals surface area contributed by atoms with Crippen molar-refractivity contribution in [2.75, 3.05) is 19.5 Å². The predicted octanol–water partition coefficient (Wildman–Crippen LogP) is 7.02. The van der Waals surface area contributed by atoms with Gasteiger partial charge >= 0.3 is 0 Å². The van der Waals surface area contributed by atoms with E-state index in [4.69, 9.17) is 9.47 Å². The minimum atomic E-state index is 0.902. The minimum Gasteiger partial charge on any atom is -0.497 e. The highest BCUT2D eigenvalue weighted by Crippen LogP contribution is 2.20. The van der Waals surface area contributed by atoms with Gasteiger partial charge in [0.25, 0.3) is 0 Å². The van der Waals surface area contributed by atoms with Crippen LogP contribution in [0.25, 0.3) is 0 Å². The van der Waals surface area contributed by atoms with Gasteiger partial charge in [-0.2, -0.15) is 0 Å². The number of ether oxygens (including phenoxy) is 2. The van der Waals surface area contributed by atoms with Crippen LogP contribution in [0.15, 0.2) is 97.1 Å². The maximum atomic E-state index is 5.23. The standard InChI is InChI=1S/C30H31NO2/c1-32-29-19-11-25(12-20-29)5-3-23-7-15-27(16-8-23)31-28-17-9-24(10-18-28)4-6-26-13-21-30(33-2)22-14-26/h7-22,31H,3-6H2,1-2H3. The molecule has 33 heavy (non-hydrogen) atoms. The van der Waals surface area contributed by atoms with Crippen LogP contribution >= 0.6 is 0 Å². The lowest BCUT2D eigenvalue weighted by Gasteiger charge is -2.09. The number of rotatable bonds is 10. The largest absolute Gasteiger partial charge is 0.497 e. The Labute approximate surface area is 197 Å². The van der Waals surface area contributed by atoms with Gasteiger partial charge in [-0.15, -0.1) is 0 Å². The molecule has 0 heterocycles. The summed E-state index contributed by atoms with van der Waals surface area (Å²) in [4.78, 5) is 0. The molecule has 0 aliphatic rings. The molecule has 4 aromatic rings. The second kappa shape index (κ2) is 11.2. The van der Waals surface area contributed by atoms with E-state index in [1.54, 1.807) is 14.2 Å². The van der Waals surface area contributed by atoms with Gasteiger partial charge in [0.1, 0.15) is 11.5 Å². The van der Waals surface area contributed by atoms with Gasteiger partial charge in [0.15, 0.2) is 0 Å². The first-order valence-electron chi connectivity index (χ1n) is 11.4. The summed E-state index contributed by atoms with van der Waals surface area (Å²) in [5.74, 6) is 1.80. The van der Waals surface area contributed by atoms with Gasteiger partial charge in [0.2, 0.25) is 0 Å². The topological polar surface area (TPSA) is 30.5 Å². The first-order chi connectivity index (χ1) is 16.2. The first-order valence-corrected chi connectivity index (χ1v) is 11.4. The van der Waals surface area contributed by atoms with Crippen molar-refractivity contribution in [1.82, 2.24) is 0 Å². The third-order valence-electron chi connectivity index (χ3n) is 5.92. The van der Waals surface area contributed by atoms with Crippen molar-refractivity contribution in [2.45, 2.75) is 25.7 Å². The normalized spacial score (nSPS) is 10.6. The molecule has 0 aliphatic carbocycles.